The molecule has 0 bridgehead atoms. The van der Waals surface area contributed by atoms with Crippen LogP contribution in [0.1, 0.15) is 16.9 Å². The molecule has 7 heteroatoms. The Kier molecular flexibility index (Phi) is 2.39. The van der Waals surface area contributed by atoms with Gasteiger partial charge in [0.15, 0.2) is 5.65 Å². The number of carbonyl (C=O) groups is 1. The van der Waals surface area contributed by atoms with E-state index >= 15 is 0 Å². The first-order valence-electron chi connectivity index (χ1n) is 5.69. The Balaban J connectivity index is 2.04. The highest BCUT2D eigenvalue weighted by molar-refractivity contribution is 5.91. The molecule has 3 rings (SSSR count). The van der Waals surface area contributed by atoms with Gasteiger partial charge in [-0.15, -0.1) is 5.10 Å². The van der Waals surface area contributed by atoms with Crippen molar-refractivity contribution in [2.75, 3.05) is 18.0 Å². The van der Waals surface area contributed by atoms with Gasteiger partial charge in [-0.2, -0.15) is 0 Å². The molecule has 94 valence electrons. The van der Waals surface area contributed by atoms with Gasteiger partial charge in [0.1, 0.15) is 17.7 Å². The standard InChI is InChI=1S/C11H12FN5O/c12-7-3-4-16(6-7)10-2-1-9-14-5-8(11(13)18)17(9)15-10/h1-2,5,7H,3-4,6H2,(H2,13,18). The van der Waals surface area contributed by atoms with E-state index in [1.165, 1.54) is 10.7 Å². The van der Waals surface area contributed by atoms with Crippen molar-refractivity contribution in [2.45, 2.75) is 12.6 Å². The van der Waals surface area contributed by atoms with E-state index < -0.39 is 12.1 Å². The van der Waals surface area contributed by atoms with Gasteiger partial charge in [-0.05, 0) is 18.6 Å². The van der Waals surface area contributed by atoms with Gasteiger partial charge in [0.2, 0.25) is 0 Å². The number of amides is 1. The molecule has 1 unspecified atom stereocenters. The van der Waals surface area contributed by atoms with Crippen LogP contribution in [0.4, 0.5) is 10.2 Å². The summed E-state index contributed by atoms with van der Waals surface area (Å²) in [5, 5.41) is 4.29. The van der Waals surface area contributed by atoms with E-state index in [1.54, 1.807) is 12.1 Å². The van der Waals surface area contributed by atoms with Gasteiger partial charge in [0, 0.05) is 6.54 Å². The predicted molar refractivity (Wildman–Crippen MR) is 63.2 cm³/mol. The average molecular weight is 249 g/mol. The fourth-order valence-corrected chi connectivity index (χ4v) is 2.13. The molecule has 2 aromatic rings. The van der Waals surface area contributed by atoms with Crippen LogP contribution < -0.4 is 10.6 Å². The summed E-state index contributed by atoms with van der Waals surface area (Å²) in [6, 6.07) is 3.51. The van der Waals surface area contributed by atoms with Crippen molar-refractivity contribution >= 4 is 17.4 Å². The van der Waals surface area contributed by atoms with Crippen LogP contribution in [0.3, 0.4) is 0 Å². The maximum Gasteiger partial charge on any atom is 0.269 e. The van der Waals surface area contributed by atoms with Crippen molar-refractivity contribution in [1.82, 2.24) is 14.6 Å². The number of imidazole rings is 1. The van der Waals surface area contributed by atoms with E-state index in [9.17, 15) is 9.18 Å². The van der Waals surface area contributed by atoms with E-state index in [0.29, 0.717) is 31.0 Å². The van der Waals surface area contributed by atoms with E-state index in [2.05, 4.69) is 10.1 Å². The van der Waals surface area contributed by atoms with Crippen molar-refractivity contribution in [3.8, 4) is 0 Å². The van der Waals surface area contributed by atoms with Crippen molar-refractivity contribution in [1.29, 1.82) is 0 Å². The quantitative estimate of drug-likeness (QED) is 0.834. The van der Waals surface area contributed by atoms with Crippen LogP contribution in [0.15, 0.2) is 18.3 Å². The lowest BCUT2D eigenvalue weighted by Crippen LogP contribution is -2.22. The molecule has 1 amide bonds. The Morgan fingerprint density at radius 2 is 2.33 bits per heavy atom. The third-order valence-corrected chi connectivity index (χ3v) is 3.06. The highest BCUT2D eigenvalue weighted by Crippen LogP contribution is 2.20. The highest BCUT2D eigenvalue weighted by atomic mass is 19.1. The lowest BCUT2D eigenvalue weighted by molar-refractivity contribution is 0.0993. The molecule has 1 atom stereocenters. The molecule has 1 saturated heterocycles. The molecule has 6 nitrogen and oxygen atoms in total. The third-order valence-electron chi connectivity index (χ3n) is 3.06. The van der Waals surface area contributed by atoms with Crippen LogP contribution in [-0.2, 0) is 0 Å². The first-order chi connectivity index (χ1) is 8.65. The molecule has 0 radical (unpaired) electrons. The smallest absolute Gasteiger partial charge is 0.269 e. The van der Waals surface area contributed by atoms with E-state index in [4.69, 9.17) is 5.73 Å². The minimum atomic E-state index is -0.819. The first-order valence-corrected chi connectivity index (χ1v) is 5.69. The Morgan fingerprint density at radius 1 is 1.50 bits per heavy atom. The van der Waals surface area contributed by atoms with Crippen molar-refractivity contribution in [2.24, 2.45) is 5.73 Å². The zero-order valence-electron chi connectivity index (χ0n) is 9.58. The Hall–Kier alpha value is -2.18. The van der Waals surface area contributed by atoms with Crippen LogP contribution in [0.5, 0.6) is 0 Å². The summed E-state index contributed by atoms with van der Waals surface area (Å²) in [7, 11) is 0. The fraction of sp³-hybridized carbons (Fsp3) is 0.364. The lowest BCUT2D eigenvalue weighted by Gasteiger charge is -2.15. The Labute approximate surface area is 102 Å². The third kappa shape index (κ3) is 1.68. The number of hydrogen-bond acceptors (Lipinski definition) is 4. The molecular formula is C11H12FN5O. The fourth-order valence-electron chi connectivity index (χ4n) is 2.13. The number of rotatable bonds is 2. The monoisotopic (exact) mass is 249 g/mol. The largest absolute Gasteiger partial charge is 0.364 e. The zero-order chi connectivity index (χ0) is 12.7. The number of aromatic nitrogens is 3. The molecule has 3 heterocycles. The molecule has 2 N–H and O–H groups in total. The minimum Gasteiger partial charge on any atom is -0.364 e. The van der Waals surface area contributed by atoms with Gasteiger partial charge in [-0.3, -0.25) is 4.79 Å². The molecule has 2 aromatic heterocycles. The van der Waals surface area contributed by atoms with Crippen LogP contribution in [0.2, 0.25) is 0 Å². The number of halogens is 1. The van der Waals surface area contributed by atoms with Gasteiger partial charge < -0.3 is 10.6 Å². The SMILES string of the molecule is NC(=O)c1cnc2ccc(N3CCC(F)C3)nn12. The number of anilines is 1. The molecular weight excluding hydrogens is 237 g/mol. The van der Waals surface area contributed by atoms with Crippen LogP contribution in [0, 0.1) is 0 Å². The summed E-state index contributed by atoms with van der Waals surface area (Å²) < 4.78 is 14.6. The number of hydrogen-bond donors (Lipinski definition) is 1. The second kappa shape index (κ2) is 3.94. The maximum absolute atomic E-state index is 13.2. The van der Waals surface area contributed by atoms with Gasteiger partial charge in [-0.25, -0.2) is 13.9 Å². The van der Waals surface area contributed by atoms with E-state index in [-0.39, 0.29) is 5.69 Å². The first kappa shape index (κ1) is 10.9. The molecule has 1 aliphatic heterocycles. The highest BCUT2D eigenvalue weighted by Gasteiger charge is 2.23. The minimum absolute atomic E-state index is 0.225. The molecule has 1 fully saturated rings. The second-order valence-corrected chi connectivity index (χ2v) is 4.30. The molecule has 0 aliphatic carbocycles. The molecule has 0 aromatic carbocycles. The number of nitrogens with zero attached hydrogens (tertiary/aromatic N) is 4. The van der Waals surface area contributed by atoms with Crippen LogP contribution >= 0.6 is 0 Å². The van der Waals surface area contributed by atoms with Gasteiger partial charge in [-0.1, -0.05) is 0 Å². The van der Waals surface area contributed by atoms with Crippen LogP contribution in [0.25, 0.3) is 5.65 Å². The number of fused-ring (bicyclic) bond motifs is 1. The van der Waals surface area contributed by atoms with Gasteiger partial charge in [0.25, 0.3) is 5.91 Å². The van der Waals surface area contributed by atoms with Crippen molar-refractivity contribution in [3.05, 3.63) is 24.0 Å². The summed E-state index contributed by atoms with van der Waals surface area (Å²) in [4.78, 5) is 17.1. The number of nitrogens with two attached hydrogens (primary N) is 1. The summed E-state index contributed by atoms with van der Waals surface area (Å²) in [6.07, 6.45) is 1.07. The maximum atomic E-state index is 13.2. The van der Waals surface area contributed by atoms with Crippen LogP contribution in [-0.4, -0.2) is 39.8 Å². The Bertz CT molecular complexity index is 610. The average Bonchev–Trinajstić information content (AvgIpc) is 2.93. The summed E-state index contributed by atoms with van der Waals surface area (Å²) in [6.45, 7) is 0.958. The summed E-state index contributed by atoms with van der Waals surface area (Å²) in [5.41, 5.74) is 6.01. The normalized spacial score (nSPS) is 19.6. The molecule has 1 aliphatic rings. The number of carbonyl (C=O) groups excluding carboxylic acids is 1. The topological polar surface area (TPSA) is 76.5 Å². The number of primary amides is 1. The predicted octanol–water partition coefficient (Wildman–Crippen LogP) is 0.376. The van der Waals surface area contributed by atoms with E-state index in [0.717, 1.165) is 0 Å². The molecule has 0 saturated carbocycles. The second-order valence-electron chi connectivity index (χ2n) is 4.30. The van der Waals surface area contributed by atoms with Crippen molar-refractivity contribution < 1.29 is 9.18 Å². The molecule has 18 heavy (non-hydrogen) atoms. The van der Waals surface area contributed by atoms with Gasteiger partial charge >= 0.3 is 0 Å². The number of alkyl halides is 1. The van der Waals surface area contributed by atoms with E-state index in [1.807, 2.05) is 4.90 Å². The Morgan fingerprint density at radius 3 is 3.00 bits per heavy atom. The van der Waals surface area contributed by atoms with Crippen molar-refractivity contribution in [3.63, 3.8) is 0 Å². The zero-order valence-corrected chi connectivity index (χ0v) is 9.58. The summed E-state index contributed by atoms with van der Waals surface area (Å²) in [5.74, 6) is 0.0417. The lowest BCUT2D eigenvalue weighted by atomic mass is 10.3. The van der Waals surface area contributed by atoms with Gasteiger partial charge in [0.05, 0.1) is 12.7 Å². The molecule has 0 spiro atoms. The summed E-state index contributed by atoms with van der Waals surface area (Å²) >= 11 is 0.